The van der Waals surface area contributed by atoms with Crippen LogP contribution in [0.5, 0.6) is 0 Å². The van der Waals surface area contributed by atoms with E-state index < -0.39 is 11.8 Å². The van der Waals surface area contributed by atoms with Gasteiger partial charge in [-0.3, -0.25) is 14.8 Å². The van der Waals surface area contributed by atoms with Crippen molar-refractivity contribution in [1.82, 2.24) is 14.2 Å². The number of para-hydroxylation sites is 2. The summed E-state index contributed by atoms with van der Waals surface area (Å²) in [6, 6.07) is 17.9. The third kappa shape index (κ3) is 2.54. The summed E-state index contributed by atoms with van der Waals surface area (Å²) < 4.78 is 4.31. The normalized spacial score (nSPS) is 13.6. The first kappa shape index (κ1) is 20.5. The number of nitriles is 1. The first-order valence-electron chi connectivity index (χ1n) is 11.4. The Labute approximate surface area is 194 Å². The number of hydrogen-bond donors (Lipinski definition) is 1. The van der Waals surface area contributed by atoms with Crippen molar-refractivity contribution in [2.75, 3.05) is 0 Å². The van der Waals surface area contributed by atoms with E-state index in [2.05, 4.69) is 15.2 Å². The van der Waals surface area contributed by atoms with E-state index in [0.29, 0.717) is 17.2 Å². The van der Waals surface area contributed by atoms with Crippen molar-refractivity contribution in [3.8, 4) is 6.07 Å². The van der Waals surface area contributed by atoms with E-state index in [1.54, 1.807) is 0 Å². The SMILES string of the molecule is Cn1c2ccccc2c2c3c(c4c5ccccc5n(CCCCCC#N)c4c21)C(=O)N(O)C3=O. The maximum atomic E-state index is 13.2. The molecular formula is C27H22N4O3. The summed E-state index contributed by atoms with van der Waals surface area (Å²) in [7, 11) is 1.98. The van der Waals surface area contributed by atoms with Crippen LogP contribution in [0, 0.1) is 11.3 Å². The van der Waals surface area contributed by atoms with Gasteiger partial charge in [0.15, 0.2) is 0 Å². The van der Waals surface area contributed by atoms with Gasteiger partial charge in [0.1, 0.15) is 0 Å². The number of aryl methyl sites for hydroxylation is 2. The van der Waals surface area contributed by atoms with E-state index >= 15 is 0 Å². The summed E-state index contributed by atoms with van der Waals surface area (Å²) in [5.41, 5.74) is 4.24. The number of benzene rings is 3. The molecule has 7 nitrogen and oxygen atoms in total. The van der Waals surface area contributed by atoms with Crippen LogP contribution in [-0.2, 0) is 13.6 Å². The molecule has 7 heteroatoms. The number of carbonyl (C=O) groups is 2. The molecule has 0 aliphatic carbocycles. The largest absolute Gasteiger partial charge is 0.342 e. The van der Waals surface area contributed by atoms with Gasteiger partial charge in [0.2, 0.25) is 0 Å². The summed E-state index contributed by atoms with van der Waals surface area (Å²) >= 11 is 0. The van der Waals surface area contributed by atoms with Crippen LogP contribution in [0.2, 0.25) is 0 Å². The highest BCUT2D eigenvalue weighted by atomic mass is 16.5. The van der Waals surface area contributed by atoms with Crippen LogP contribution in [0.1, 0.15) is 46.4 Å². The maximum Gasteiger partial charge on any atom is 0.286 e. The van der Waals surface area contributed by atoms with Gasteiger partial charge in [0.05, 0.1) is 28.2 Å². The number of aromatic nitrogens is 2. The van der Waals surface area contributed by atoms with Gasteiger partial charge in [-0.15, -0.1) is 5.06 Å². The number of nitrogens with zero attached hydrogens (tertiary/aromatic N) is 4. The fourth-order valence-corrected chi connectivity index (χ4v) is 5.59. The number of amides is 2. The van der Waals surface area contributed by atoms with Gasteiger partial charge in [-0.05, 0) is 25.0 Å². The third-order valence-corrected chi connectivity index (χ3v) is 7.03. The number of imide groups is 1. The van der Waals surface area contributed by atoms with Crippen molar-refractivity contribution in [3.63, 3.8) is 0 Å². The molecule has 3 heterocycles. The van der Waals surface area contributed by atoms with Crippen molar-refractivity contribution in [3.05, 3.63) is 59.7 Å². The van der Waals surface area contributed by atoms with Gasteiger partial charge in [0.25, 0.3) is 11.8 Å². The van der Waals surface area contributed by atoms with E-state index in [1.165, 1.54) is 0 Å². The Bertz CT molecular complexity index is 1720. The average molecular weight is 450 g/mol. The van der Waals surface area contributed by atoms with Crippen molar-refractivity contribution in [2.24, 2.45) is 7.05 Å². The van der Waals surface area contributed by atoms with Gasteiger partial charge >= 0.3 is 0 Å². The molecule has 3 aromatic carbocycles. The Morgan fingerprint density at radius 1 is 0.824 bits per heavy atom. The quantitative estimate of drug-likeness (QED) is 0.217. The lowest BCUT2D eigenvalue weighted by Crippen LogP contribution is -2.25. The predicted octanol–water partition coefficient (Wildman–Crippen LogP) is 5.51. The average Bonchev–Trinajstić information content (AvgIpc) is 3.42. The monoisotopic (exact) mass is 450 g/mol. The highest BCUT2D eigenvalue weighted by molar-refractivity contribution is 6.39. The number of hydrogen-bond acceptors (Lipinski definition) is 4. The lowest BCUT2D eigenvalue weighted by Gasteiger charge is -2.11. The molecule has 6 rings (SSSR count). The smallest absolute Gasteiger partial charge is 0.286 e. The molecule has 5 aromatic rings. The summed E-state index contributed by atoms with van der Waals surface area (Å²) in [6.45, 7) is 0.718. The Balaban J connectivity index is 1.80. The Morgan fingerprint density at radius 2 is 1.41 bits per heavy atom. The fourth-order valence-electron chi connectivity index (χ4n) is 5.59. The molecule has 1 aliphatic rings. The molecule has 0 spiro atoms. The van der Waals surface area contributed by atoms with Crippen LogP contribution in [0.25, 0.3) is 43.6 Å². The van der Waals surface area contributed by atoms with Crippen LogP contribution in [0.4, 0.5) is 0 Å². The minimum Gasteiger partial charge on any atom is -0.342 e. The molecule has 0 fully saturated rings. The first-order valence-corrected chi connectivity index (χ1v) is 11.4. The Morgan fingerprint density at radius 3 is 2.09 bits per heavy atom. The predicted molar refractivity (Wildman–Crippen MR) is 130 cm³/mol. The second-order valence-electron chi connectivity index (χ2n) is 8.83. The molecule has 0 bridgehead atoms. The van der Waals surface area contributed by atoms with Gasteiger partial charge < -0.3 is 9.13 Å². The van der Waals surface area contributed by atoms with E-state index in [0.717, 1.165) is 58.6 Å². The zero-order valence-corrected chi connectivity index (χ0v) is 18.7. The minimum absolute atomic E-state index is 0.249. The molecule has 1 N–H and O–H groups in total. The van der Waals surface area contributed by atoms with E-state index in [1.807, 2.05) is 55.6 Å². The number of unbranched alkanes of at least 4 members (excludes halogenated alkanes) is 3. The van der Waals surface area contributed by atoms with Crippen LogP contribution >= 0.6 is 0 Å². The molecule has 168 valence electrons. The summed E-state index contributed by atoms with van der Waals surface area (Å²) in [5, 5.41) is 22.7. The lowest BCUT2D eigenvalue weighted by atomic mass is 9.96. The van der Waals surface area contributed by atoms with Gasteiger partial charge in [-0.1, -0.05) is 42.8 Å². The summed E-state index contributed by atoms with van der Waals surface area (Å²) in [5.74, 6) is -1.37. The zero-order chi connectivity index (χ0) is 23.6. The molecule has 2 aromatic heterocycles. The maximum absolute atomic E-state index is 13.2. The zero-order valence-electron chi connectivity index (χ0n) is 18.7. The number of fused-ring (bicyclic) bond motifs is 10. The summed E-state index contributed by atoms with van der Waals surface area (Å²) in [4.78, 5) is 26.3. The van der Waals surface area contributed by atoms with Crippen LogP contribution < -0.4 is 0 Å². The third-order valence-electron chi connectivity index (χ3n) is 7.03. The van der Waals surface area contributed by atoms with E-state index in [9.17, 15) is 14.8 Å². The molecule has 0 unspecified atom stereocenters. The number of carbonyl (C=O) groups excluding carboxylic acids is 2. The second-order valence-corrected chi connectivity index (χ2v) is 8.83. The standard InChI is InChI=1S/C27H22N4O3/c1-29-18-12-6-4-10-16(18)20-22-23(27(33)31(34)26(22)32)21-17-11-5-7-13-19(17)30(25(21)24(20)29)15-9-3-2-8-14-28/h4-7,10-13,34H,2-3,8-9,15H2,1H3. The minimum atomic E-state index is -0.684. The molecule has 0 atom stereocenters. The highest BCUT2D eigenvalue weighted by Crippen LogP contribution is 2.45. The van der Waals surface area contributed by atoms with Crippen molar-refractivity contribution >= 4 is 55.4 Å². The lowest BCUT2D eigenvalue weighted by molar-refractivity contribution is -0.0325. The van der Waals surface area contributed by atoms with E-state index in [4.69, 9.17) is 5.26 Å². The van der Waals surface area contributed by atoms with E-state index in [-0.39, 0.29) is 16.2 Å². The summed E-state index contributed by atoms with van der Waals surface area (Å²) in [6.07, 6.45) is 3.19. The topological polar surface area (TPSA) is 91.3 Å². The van der Waals surface area contributed by atoms with Gasteiger partial charge in [-0.25, -0.2) is 0 Å². The molecule has 2 amide bonds. The second kappa shape index (κ2) is 7.44. The Kier molecular flexibility index (Phi) is 4.48. The molecule has 0 radical (unpaired) electrons. The first-order chi connectivity index (χ1) is 16.6. The molecule has 34 heavy (non-hydrogen) atoms. The van der Waals surface area contributed by atoms with Crippen molar-refractivity contribution in [2.45, 2.75) is 32.2 Å². The molecule has 0 saturated heterocycles. The molecule has 1 aliphatic heterocycles. The van der Waals surface area contributed by atoms with Crippen molar-refractivity contribution < 1.29 is 14.8 Å². The molecule has 0 saturated carbocycles. The Hall–Kier alpha value is -4.15. The van der Waals surface area contributed by atoms with Crippen LogP contribution in [0.3, 0.4) is 0 Å². The fraction of sp³-hybridized carbons (Fsp3) is 0.222. The van der Waals surface area contributed by atoms with Gasteiger partial charge in [0, 0.05) is 52.6 Å². The molecular weight excluding hydrogens is 428 g/mol. The number of rotatable bonds is 5. The van der Waals surface area contributed by atoms with Crippen LogP contribution in [0.15, 0.2) is 48.5 Å². The number of hydroxylamine groups is 2. The van der Waals surface area contributed by atoms with Gasteiger partial charge in [-0.2, -0.15) is 5.26 Å². The highest BCUT2D eigenvalue weighted by Gasteiger charge is 2.41. The van der Waals surface area contributed by atoms with Crippen molar-refractivity contribution in [1.29, 1.82) is 5.26 Å². The van der Waals surface area contributed by atoms with Crippen LogP contribution in [-0.4, -0.2) is 31.2 Å².